The Bertz CT molecular complexity index is 510. The molecule has 0 heteroatoms. The van der Waals surface area contributed by atoms with Crippen LogP contribution < -0.4 is 0 Å². The maximum Gasteiger partial charge on any atom is 0.0226 e. The first-order chi connectivity index (χ1) is 9.02. The van der Waals surface area contributed by atoms with Crippen molar-refractivity contribution >= 4 is 0 Å². The number of allylic oxidation sites excluding steroid dienone is 8. The topological polar surface area (TPSA) is 0 Å². The summed E-state index contributed by atoms with van der Waals surface area (Å²) >= 11 is 0. The van der Waals surface area contributed by atoms with Gasteiger partial charge in [-0.15, -0.1) is 0 Å². The van der Waals surface area contributed by atoms with Crippen LogP contribution in [0.5, 0.6) is 0 Å². The predicted molar refractivity (Wildman–Crippen MR) is 89.7 cm³/mol. The molecule has 20 heavy (non-hydrogen) atoms. The predicted octanol–water partition coefficient (Wildman–Crippen LogP) is 6.37. The van der Waals surface area contributed by atoms with Gasteiger partial charge in [0.2, 0.25) is 0 Å². The fourth-order valence-corrected chi connectivity index (χ4v) is 4.69. The maximum atomic E-state index is 2.45. The van der Waals surface area contributed by atoms with Crippen molar-refractivity contribution in [2.75, 3.05) is 0 Å². The average molecular weight is 270 g/mol. The molecule has 0 aromatic rings. The number of fused-ring (bicyclic) bond motifs is 1. The highest BCUT2D eigenvalue weighted by molar-refractivity contribution is 5.60. The summed E-state index contributed by atoms with van der Waals surface area (Å²) in [4.78, 5) is 0. The summed E-state index contributed by atoms with van der Waals surface area (Å²) in [6.45, 7) is 23.5. The first kappa shape index (κ1) is 15.4. The van der Waals surface area contributed by atoms with E-state index >= 15 is 0 Å². The van der Waals surface area contributed by atoms with Crippen molar-refractivity contribution in [3.8, 4) is 0 Å². The summed E-state index contributed by atoms with van der Waals surface area (Å²) in [5, 5.41) is 0. The van der Waals surface area contributed by atoms with Gasteiger partial charge in [0.25, 0.3) is 0 Å². The Morgan fingerprint density at radius 1 is 0.400 bits per heavy atom. The van der Waals surface area contributed by atoms with Crippen LogP contribution >= 0.6 is 0 Å². The maximum absolute atomic E-state index is 2.45. The van der Waals surface area contributed by atoms with E-state index in [1.807, 2.05) is 0 Å². The largest absolute Gasteiger partial charge is 0.0589 e. The lowest BCUT2D eigenvalue weighted by Gasteiger charge is -2.57. The second-order valence-electron chi connectivity index (χ2n) is 7.25. The zero-order valence-corrected chi connectivity index (χ0v) is 15.0. The number of rotatable bonds is 0. The number of hydrogen-bond donors (Lipinski definition) is 0. The Morgan fingerprint density at radius 3 is 0.700 bits per heavy atom. The van der Waals surface area contributed by atoms with Gasteiger partial charge >= 0.3 is 0 Å². The summed E-state index contributed by atoms with van der Waals surface area (Å²) < 4.78 is 0. The van der Waals surface area contributed by atoms with Gasteiger partial charge in [0.05, 0.1) is 0 Å². The molecule has 0 aromatic heterocycles. The Labute approximate surface area is 125 Å². The molecule has 0 saturated carbocycles. The van der Waals surface area contributed by atoms with Gasteiger partial charge in [-0.3, -0.25) is 0 Å². The molecule has 0 heterocycles. The second kappa shape index (κ2) is 4.23. The molecule has 0 aromatic carbocycles. The van der Waals surface area contributed by atoms with Crippen LogP contribution in [0.25, 0.3) is 0 Å². The molecule has 2 aliphatic carbocycles. The molecule has 0 radical (unpaired) electrons. The lowest BCUT2D eigenvalue weighted by molar-refractivity contribution is 0.222. The van der Waals surface area contributed by atoms with Gasteiger partial charge in [-0.1, -0.05) is 36.1 Å². The van der Waals surface area contributed by atoms with Crippen LogP contribution in [0.1, 0.15) is 69.2 Å². The molecule has 0 N–H and O–H groups in total. The third-order valence-corrected chi connectivity index (χ3v) is 7.38. The second-order valence-corrected chi connectivity index (χ2v) is 7.25. The van der Waals surface area contributed by atoms with Gasteiger partial charge in [0.1, 0.15) is 0 Å². The first-order valence-electron chi connectivity index (χ1n) is 7.75. The molecule has 0 fully saturated rings. The van der Waals surface area contributed by atoms with Crippen LogP contribution in [0.4, 0.5) is 0 Å². The van der Waals surface area contributed by atoms with Crippen LogP contribution in [0.3, 0.4) is 0 Å². The van der Waals surface area contributed by atoms with Crippen LogP contribution in [0.2, 0.25) is 0 Å². The van der Waals surface area contributed by atoms with E-state index in [0.717, 1.165) is 0 Å². The van der Waals surface area contributed by atoms with Gasteiger partial charge in [-0.05, 0) is 77.7 Å². The SMILES string of the molecule is CC1=C(C)C2(C)C(C)=C(C)C(C)=C(C)C2(C)C(C)=C1C. The zero-order chi connectivity index (χ0) is 15.6. The van der Waals surface area contributed by atoms with Gasteiger partial charge in [-0.25, -0.2) is 0 Å². The fraction of sp³-hybridized carbons (Fsp3) is 0.600. The van der Waals surface area contributed by atoms with Crippen molar-refractivity contribution in [3.05, 3.63) is 44.6 Å². The van der Waals surface area contributed by atoms with Crippen LogP contribution in [-0.2, 0) is 0 Å². The van der Waals surface area contributed by atoms with Crippen molar-refractivity contribution in [2.24, 2.45) is 10.8 Å². The van der Waals surface area contributed by atoms with Crippen molar-refractivity contribution in [1.82, 2.24) is 0 Å². The van der Waals surface area contributed by atoms with Crippen molar-refractivity contribution in [1.29, 1.82) is 0 Å². The Kier molecular flexibility index (Phi) is 3.24. The lowest BCUT2D eigenvalue weighted by Crippen LogP contribution is -2.47. The summed E-state index contributed by atoms with van der Waals surface area (Å²) in [5.41, 5.74) is 12.4. The summed E-state index contributed by atoms with van der Waals surface area (Å²) in [6.07, 6.45) is 0. The quantitative estimate of drug-likeness (QED) is 0.479. The van der Waals surface area contributed by atoms with Crippen LogP contribution in [0, 0.1) is 10.8 Å². The van der Waals surface area contributed by atoms with Crippen LogP contribution in [-0.4, -0.2) is 0 Å². The Morgan fingerprint density at radius 2 is 0.550 bits per heavy atom. The molecule has 0 nitrogen and oxygen atoms in total. The first-order valence-corrected chi connectivity index (χ1v) is 7.75. The summed E-state index contributed by atoms with van der Waals surface area (Å²) in [7, 11) is 0. The molecule has 0 saturated heterocycles. The molecule has 0 atom stereocenters. The van der Waals surface area contributed by atoms with E-state index in [2.05, 4.69) is 69.2 Å². The Hall–Kier alpha value is -1.04. The van der Waals surface area contributed by atoms with E-state index in [9.17, 15) is 0 Å². The molecular formula is C20H30. The van der Waals surface area contributed by atoms with E-state index in [-0.39, 0.29) is 10.8 Å². The smallest absolute Gasteiger partial charge is 0.0226 e. The molecule has 0 unspecified atom stereocenters. The molecule has 110 valence electrons. The summed E-state index contributed by atoms with van der Waals surface area (Å²) in [5.74, 6) is 0. The van der Waals surface area contributed by atoms with Gasteiger partial charge in [0, 0.05) is 10.8 Å². The standard InChI is InChI=1S/C20H30/c1-11-12(2)16(6)20(10)18(8)14(4)13(3)17(7)19(20,9)15(11)5/h1-10H3. The van der Waals surface area contributed by atoms with Gasteiger partial charge < -0.3 is 0 Å². The van der Waals surface area contributed by atoms with Gasteiger partial charge in [0.15, 0.2) is 0 Å². The zero-order valence-electron chi connectivity index (χ0n) is 15.0. The highest BCUT2D eigenvalue weighted by atomic mass is 14.6. The average Bonchev–Trinajstić information content (AvgIpc) is 2.44. The minimum atomic E-state index is 0.119. The van der Waals surface area contributed by atoms with Gasteiger partial charge in [-0.2, -0.15) is 0 Å². The van der Waals surface area contributed by atoms with Crippen molar-refractivity contribution in [2.45, 2.75) is 69.2 Å². The highest BCUT2D eigenvalue weighted by Gasteiger charge is 2.54. The monoisotopic (exact) mass is 270 g/mol. The van der Waals surface area contributed by atoms with Crippen molar-refractivity contribution < 1.29 is 0 Å². The minimum absolute atomic E-state index is 0.119. The van der Waals surface area contributed by atoms with Crippen LogP contribution in [0.15, 0.2) is 44.6 Å². The van der Waals surface area contributed by atoms with Crippen molar-refractivity contribution in [3.63, 3.8) is 0 Å². The lowest BCUT2D eigenvalue weighted by atomic mass is 9.46. The fourth-order valence-electron chi connectivity index (χ4n) is 4.69. The molecule has 2 aliphatic rings. The van der Waals surface area contributed by atoms with E-state index in [0.29, 0.717) is 0 Å². The molecule has 2 rings (SSSR count). The number of hydrogen-bond acceptors (Lipinski definition) is 0. The normalized spacial score (nSPS) is 35.1. The molecule has 0 amide bonds. The molecule has 0 bridgehead atoms. The third kappa shape index (κ3) is 1.38. The third-order valence-electron chi connectivity index (χ3n) is 7.38. The molecule has 0 spiro atoms. The van der Waals surface area contributed by atoms with E-state index < -0.39 is 0 Å². The van der Waals surface area contributed by atoms with E-state index in [4.69, 9.17) is 0 Å². The molecule has 0 aliphatic heterocycles. The highest BCUT2D eigenvalue weighted by Crippen LogP contribution is 2.65. The minimum Gasteiger partial charge on any atom is -0.0589 e. The van der Waals surface area contributed by atoms with E-state index in [1.165, 1.54) is 22.3 Å². The van der Waals surface area contributed by atoms with E-state index in [1.54, 1.807) is 22.3 Å². The Balaban J connectivity index is 2.98. The molecular weight excluding hydrogens is 240 g/mol. The summed E-state index contributed by atoms with van der Waals surface area (Å²) in [6, 6.07) is 0.